The second kappa shape index (κ2) is 7.41. The number of para-hydroxylation sites is 2. The van der Waals surface area contributed by atoms with Crippen molar-refractivity contribution in [3.63, 3.8) is 0 Å². The number of nitrogens with one attached hydrogen (secondary N) is 1. The van der Waals surface area contributed by atoms with Crippen LogP contribution in [0.25, 0.3) is 0 Å². The highest BCUT2D eigenvalue weighted by atomic mass is 16.5. The van der Waals surface area contributed by atoms with Crippen LogP contribution in [0.3, 0.4) is 0 Å². The van der Waals surface area contributed by atoms with Crippen LogP contribution in [0.2, 0.25) is 0 Å². The van der Waals surface area contributed by atoms with Gasteiger partial charge in [0.1, 0.15) is 5.75 Å². The molecule has 1 N–H and O–H groups in total. The summed E-state index contributed by atoms with van der Waals surface area (Å²) in [5.74, 6) is 1.03. The molecule has 2 aliphatic heterocycles. The lowest BCUT2D eigenvalue weighted by atomic mass is 9.72. The van der Waals surface area contributed by atoms with Gasteiger partial charge in [0.25, 0.3) is 0 Å². The summed E-state index contributed by atoms with van der Waals surface area (Å²) in [6.45, 7) is 4.88. The molecule has 1 aliphatic carbocycles. The van der Waals surface area contributed by atoms with Crippen LogP contribution in [0, 0.1) is 5.41 Å². The molecule has 4 rings (SSSR count). The highest BCUT2D eigenvalue weighted by molar-refractivity contribution is 5.91. The van der Waals surface area contributed by atoms with E-state index in [1.54, 1.807) is 0 Å². The van der Waals surface area contributed by atoms with E-state index >= 15 is 0 Å². The van der Waals surface area contributed by atoms with E-state index in [1.165, 1.54) is 0 Å². The van der Waals surface area contributed by atoms with Gasteiger partial charge in [0.2, 0.25) is 5.91 Å². The van der Waals surface area contributed by atoms with Crippen molar-refractivity contribution in [3.8, 4) is 5.75 Å². The van der Waals surface area contributed by atoms with Crippen molar-refractivity contribution in [1.29, 1.82) is 0 Å². The number of likely N-dealkylation sites (tertiary alicyclic amines) is 2. The number of amides is 3. The summed E-state index contributed by atoms with van der Waals surface area (Å²) in [5.41, 5.74) is 0.920. The fraction of sp³-hybridized carbons (Fsp3) is 0.619. The molecule has 1 saturated carbocycles. The Hall–Kier alpha value is -2.24. The molecule has 0 bridgehead atoms. The highest BCUT2D eigenvalue weighted by Crippen LogP contribution is 2.43. The van der Waals surface area contributed by atoms with Gasteiger partial charge in [0.05, 0.1) is 12.3 Å². The first kappa shape index (κ1) is 18.1. The normalized spacial score (nSPS) is 22.0. The third kappa shape index (κ3) is 3.89. The zero-order chi connectivity index (χ0) is 18.9. The van der Waals surface area contributed by atoms with Gasteiger partial charge in [-0.2, -0.15) is 0 Å². The van der Waals surface area contributed by atoms with Gasteiger partial charge in [0, 0.05) is 32.1 Å². The number of anilines is 1. The SMILES string of the molecule is CCOc1ccccc1NC(=O)N1CCC2(CCC(=O)N(C3CC3)C2)CC1. The van der Waals surface area contributed by atoms with Crippen molar-refractivity contribution in [3.05, 3.63) is 24.3 Å². The maximum absolute atomic E-state index is 12.7. The predicted octanol–water partition coefficient (Wildman–Crippen LogP) is 3.48. The average Bonchev–Trinajstić information content (AvgIpc) is 3.51. The highest BCUT2D eigenvalue weighted by Gasteiger charge is 2.45. The van der Waals surface area contributed by atoms with Gasteiger partial charge in [-0.25, -0.2) is 4.79 Å². The van der Waals surface area contributed by atoms with Crippen LogP contribution in [0.1, 0.15) is 45.4 Å². The van der Waals surface area contributed by atoms with Crippen molar-refractivity contribution in [2.24, 2.45) is 5.41 Å². The van der Waals surface area contributed by atoms with Gasteiger partial charge in [0.15, 0.2) is 0 Å². The number of ether oxygens (including phenoxy) is 1. The van der Waals surface area contributed by atoms with Crippen molar-refractivity contribution in [1.82, 2.24) is 9.80 Å². The minimum Gasteiger partial charge on any atom is -0.492 e. The Bertz CT molecular complexity index is 708. The molecule has 27 heavy (non-hydrogen) atoms. The molecular formula is C21H29N3O3. The quantitative estimate of drug-likeness (QED) is 0.881. The average molecular weight is 371 g/mol. The molecular weight excluding hydrogens is 342 g/mol. The molecule has 6 heteroatoms. The van der Waals surface area contributed by atoms with Gasteiger partial charge in [-0.05, 0) is 56.6 Å². The molecule has 0 atom stereocenters. The van der Waals surface area contributed by atoms with E-state index in [2.05, 4.69) is 10.2 Å². The van der Waals surface area contributed by atoms with Gasteiger partial charge in [-0.1, -0.05) is 12.1 Å². The van der Waals surface area contributed by atoms with E-state index in [0.717, 1.165) is 51.7 Å². The molecule has 6 nitrogen and oxygen atoms in total. The number of rotatable bonds is 4. The van der Waals surface area contributed by atoms with E-state index in [9.17, 15) is 9.59 Å². The van der Waals surface area contributed by atoms with E-state index < -0.39 is 0 Å². The number of carbonyl (C=O) groups is 2. The van der Waals surface area contributed by atoms with E-state index in [1.807, 2.05) is 36.1 Å². The summed E-state index contributed by atoms with van der Waals surface area (Å²) in [5, 5.41) is 3.00. The van der Waals surface area contributed by atoms with Crippen LogP contribution in [0.5, 0.6) is 5.75 Å². The number of hydrogen-bond donors (Lipinski definition) is 1. The topological polar surface area (TPSA) is 61.9 Å². The molecule has 3 fully saturated rings. The number of urea groups is 1. The van der Waals surface area contributed by atoms with Gasteiger partial charge < -0.3 is 19.9 Å². The van der Waals surface area contributed by atoms with Gasteiger partial charge in [-0.15, -0.1) is 0 Å². The molecule has 0 aromatic heterocycles. The number of hydrogen-bond acceptors (Lipinski definition) is 3. The second-order valence-corrected chi connectivity index (χ2v) is 8.10. The molecule has 1 aromatic rings. The van der Waals surface area contributed by atoms with Crippen LogP contribution in [0.4, 0.5) is 10.5 Å². The number of piperidine rings is 2. The number of carbonyl (C=O) groups excluding carboxylic acids is 2. The first-order valence-corrected chi connectivity index (χ1v) is 10.2. The van der Waals surface area contributed by atoms with Crippen molar-refractivity contribution in [2.75, 3.05) is 31.6 Å². The van der Waals surface area contributed by atoms with Crippen LogP contribution in [0.15, 0.2) is 24.3 Å². The smallest absolute Gasteiger partial charge is 0.321 e. The molecule has 1 aromatic carbocycles. The summed E-state index contributed by atoms with van der Waals surface area (Å²) in [7, 11) is 0. The van der Waals surface area contributed by atoms with Crippen molar-refractivity contribution < 1.29 is 14.3 Å². The van der Waals surface area contributed by atoms with Crippen LogP contribution < -0.4 is 10.1 Å². The van der Waals surface area contributed by atoms with Gasteiger partial charge in [-0.3, -0.25) is 4.79 Å². The molecule has 3 amide bonds. The van der Waals surface area contributed by atoms with E-state index in [-0.39, 0.29) is 11.4 Å². The molecule has 146 valence electrons. The Kier molecular flexibility index (Phi) is 4.98. The minimum atomic E-state index is -0.0667. The molecule has 2 heterocycles. The van der Waals surface area contributed by atoms with Crippen LogP contribution in [-0.4, -0.2) is 54.0 Å². The maximum Gasteiger partial charge on any atom is 0.321 e. The molecule has 3 aliphatic rings. The third-order valence-corrected chi connectivity index (χ3v) is 6.22. The van der Waals surface area contributed by atoms with E-state index in [0.29, 0.717) is 36.4 Å². The Morgan fingerprint density at radius 2 is 1.96 bits per heavy atom. The lowest BCUT2D eigenvalue weighted by Crippen LogP contribution is -2.53. The predicted molar refractivity (Wildman–Crippen MR) is 104 cm³/mol. The van der Waals surface area contributed by atoms with Crippen molar-refractivity contribution >= 4 is 17.6 Å². The first-order valence-electron chi connectivity index (χ1n) is 10.2. The first-order chi connectivity index (χ1) is 13.1. The third-order valence-electron chi connectivity index (χ3n) is 6.22. The zero-order valence-corrected chi connectivity index (χ0v) is 16.1. The lowest BCUT2D eigenvalue weighted by molar-refractivity contribution is -0.139. The largest absolute Gasteiger partial charge is 0.492 e. The second-order valence-electron chi connectivity index (χ2n) is 8.10. The summed E-state index contributed by atoms with van der Waals surface area (Å²) < 4.78 is 5.59. The molecule has 0 radical (unpaired) electrons. The minimum absolute atomic E-state index is 0.0667. The van der Waals surface area contributed by atoms with Crippen molar-refractivity contribution in [2.45, 2.75) is 51.5 Å². The lowest BCUT2D eigenvalue weighted by Gasteiger charge is -2.47. The Morgan fingerprint density at radius 3 is 2.67 bits per heavy atom. The zero-order valence-electron chi connectivity index (χ0n) is 16.1. The summed E-state index contributed by atoms with van der Waals surface area (Å²) >= 11 is 0. The van der Waals surface area contributed by atoms with Crippen LogP contribution >= 0.6 is 0 Å². The fourth-order valence-corrected chi connectivity index (χ4v) is 4.40. The molecule has 0 unspecified atom stereocenters. The summed E-state index contributed by atoms with van der Waals surface area (Å²) in [6, 6.07) is 7.97. The molecule has 1 spiro atoms. The standard InChI is InChI=1S/C21H29N3O3/c1-2-27-18-6-4-3-5-17(18)22-20(26)23-13-11-21(12-14-23)10-9-19(25)24(15-21)16-7-8-16/h3-6,16H,2,7-15H2,1H3,(H,22,26). The Morgan fingerprint density at radius 1 is 1.22 bits per heavy atom. The summed E-state index contributed by atoms with van der Waals surface area (Å²) in [6.07, 6.45) is 5.92. The fourth-order valence-electron chi connectivity index (χ4n) is 4.40. The Balaban J connectivity index is 1.35. The van der Waals surface area contributed by atoms with Gasteiger partial charge >= 0.3 is 6.03 Å². The monoisotopic (exact) mass is 371 g/mol. The Labute approximate surface area is 160 Å². The number of benzene rings is 1. The number of nitrogens with zero attached hydrogens (tertiary/aromatic N) is 2. The van der Waals surface area contributed by atoms with Crippen LogP contribution in [-0.2, 0) is 4.79 Å². The maximum atomic E-state index is 12.7. The molecule has 2 saturated heterocycles. The van der Waals surface area contributed by atoms with E-state index in [4.69, 9.17) is 4.74 Å². The summed E-state index contributed by atoms with van der Waals surface area (Å²) in [4.78, 5) is 28.9.